The Hall–Kier alpha value is -2.18. The SMILES string of the molecule is O=C(C[C@@H]1CN(Cc2ccccc2F)Cc2cccn2C1)N1CCOCC1. The highest BCUT2D eigenvalue weighted by Crippen LogP contribution is 2.22. The molecular formula is C21H26FN3O2. The smallest absolute Gasteiger partial charge is 0.223 e. The number of fused-ring (bicyclic) bond motifs is 1. The van der Waals surface area contributed by atoms with Crippen molar-refractivity contribution in [3.8, 4) is 0 Å². The molecule has 3 heterocycles. The van der Waals surface area contributed by atoms with Crippen molar-refractivity contribution >= 4 is 5.91 Å². The fraction of sp³-hybridized carbons (Fsp3) is 0.476. The second-order valence-electron chi connectivity index (χ2n) is 7.48. The number of carbonyl (C=O) groups excluding carboxylic acids is 1. The van der Waals surface area contributed by atoms with Crippen LogP contribution in [0.2, 0.25) is 0 Å². The Bertz CT molecular complexity index is 785. The first kappa shape index (κ1) is 18.2. The number of halogens is 1. The van der Waals surface area contributed by atoms with Gasteiger partial charge in [0.15, 0.2) is 0 Å². The number of hydrogen-bond donors (Lipinski definition) is 0. The molecule has 5 nitrogen and oxygen atoms in total. The van der Waals surface area contributed by atoms with E-state index >= 15 is 0 Å². The zero-order valence-electron chi connectivity index (χ0n) is 15.5. The lowest BCUT2D eigenvalue weighted by molar-refractivity contribution is -0.136. The van der Waals surface area contributed by atoms with Crippen LogP contribution in [0, 0.1) is 11.7 Å². The molecule has 1 aromatic carbocycles. The second-order valence-corrected chi connectivity index (χ2v) is 7.48. The molecule has 0 N–H and O–H groups in total. The van der Waals surface area contributed by atoms with Gasteiger partial charge in [0.25, 0.3) is 0 Å². The molecule has 27 heavy (non-hydrogen) atoms. The zero-order valence-corrected chi connectivity index (χ0v) is 15.5. The van der Waals surface area contributed by atoms with Crippen LogP contribution in [0.25, 0.3) is 0 Å². The molecule has 144 valence electrons. The Balaban J connectivity index is 1.48. The van der Waals surface area contributed by atoms with Crippen LogP contribution in [0.4, 0.5) is 4.39 Å². The quantitative estimate of drug-likeness (QED) is 0.829. The normalized spacial score (nSPS) is 20.9. The summed E-state index contributed by atoms with van der Waals surface area (Å²) in [6.07, 6.45) is 2.60. The number of hydrogen-bond acceptors (Lipinski definition) is 3. The lowest BCUT2D eigenvalue weighted by Gasteiger charge is -2.29. The zero-order chi connectivity index (χ0) is 18.6. The summed E-state index contributed by atoms with van der Waals surface area (Å²) in [5, 5.41) is 0. The summed E-state index contributed by atoms with van der Waals surface area (Å²) in [5.74, 6) is 0.239. The van der Waals surface area contributed by atoms with Gasteiger partial charge in [-0.1, -0.05) is 18.2 Å². The van der Waals surface area contributed by atoms with E-state index in [1.54, 1.807) is 6.07 Å². The highest BCUT2D eigenvalue weighted by molar-refractivity contribution is 5.76. The van der Waals surface area contributed by atoms with Gasteiger partial charge >= 0.3 is 0 Å². The minimum Gasteiger partial charge on any atom is -0.378 e. The molecule has 2 aliphatic rings. The maximum atomic E-state index is 14.1. The van der Waals surface area contributed by atoms with Crippen molar-refractivity contribution in [1.29, 1.82) is 0 Å². The van der Waals surface area contributed by atoms with Crippen LogP contribution in [0.1, 0.15) is 17.7 Å². The predicted molar refractivity (Wildman–Crippen MR) is 100 cm³/mol. The van der Waals surface area contributed by atoms with Crippen LogP contribution >= 0.6 is 0 Å². The molecule has 0 radical (unpaired) electrons. The van der Waals surface area contributed by atoms with Crippen LogP contribution in [0.5, 0.6) is 0 Å². The molecule has 0 saturated carbocycles. The molecule has 4 rings (SSSR count). The Kier molecular flexibility index (Phi) is 5.55. The van der Waals surface area contributed by atoms with Gasteiger partial charge in [-0.15, -0.1) is 0 Å². The van der Waals surface area contributed by atoms with E-state index in [4.69, 9.17) is 4.74 Å². The van der Waals surface area contributed by atoms with Crippen LogP contribution in [0.15, 0.2) is 42.6 Å². The molecule has 1 atom stereocenters. The van der Waals surface area contributed by atoms with Gasteiger partial charge < -0.3 is 14.2 Å². The largest absolute Gasteiger partial charge is 0.378 e. The van der Waals surface area contributed by atoms with Gasteiger partial charge in [-0.25, -0.2) is 4.39 Å². The van der Waals surface area contributed by atoms with Crippen LogP contribution in [0.3, 0.4) is 0 Å². The summed E-state index contributed by atoms with van der Waals surface area (Å²) < 4.78 is 21.7. The van der Waals surface area contributed by atoms with Crippen molar-refractivity contribution < 1.29 is 13.9 Å². The number of benzene rings is 1. The minimum atomic E-state index is -0.168. The fourth-order valence-corrected chi connectivity index (χ4v) is 4.07. The highest BCUT2D eigenvalue weighted by Gasteiger charge is 2.26. The van der Waals surface area contributed by atoms with Gasteiger partial charge in [0.2, 0.25) is 5.91 Å². The van der Waals surface area contributed by atoms with Gasteiger partial charge in [-0.2, -0.15) is 0 Å². The Morgan fingerprint density at radius 3 is 2.74 bits per heavy atom. The van der Waals surface area contributed by atoms with E-state index in [2.05, 4.69) is 21.7 Å². The van der Waals surface area contributed by atoms with Crippen molar-refractivity contribution in [3.05, 3.63) is 59.7 Å². The summed E-state index contributed by atoms with van der Waals surface area (Å²) in [4.78, 5) is 16.9. The lowest BCUT2D eigenvalue weighted by atomic mass is 10.0. The number of morpholine rings is 1. The fourth-order valence-electron chi connectivity index (χ4n) is 4.07. The summed E-state index contributed by atoms with van der Waals surface area (Å²) in [6, 6.07) is 11.1. The number of amides is 1. The first-order chi connectivity index (χ1) is 13.2. The number of nitrogens with zero attached hydrogens (tertiary/aromatic N) is 3. The molecule has 1 fully saturated rings. The van der Waals surface area contributed by atoms with Crippen molar-refractivity contribution in [2.45, 2.75) is 26.1 Å². The molecule has 1 saturated heterocycles. The van der Waals surface area contributed by atoms with Crippen molar-refractivity contribution in [2.24, 2.45) is 5.92 Å². The number of carbonyl (C=O) groups is 1. The van der Waals surface area contributed by atoms with E-state index in [-0.39, 0.29) is 17.6 Å². The van der Waals surface area contributed by atoms with E-state index in [0.717, 1.165) is 19.6 Å². The third kappa shape index (κ3) is 4.39. The van der Waals surface area contributed by atoms with E-state index in [1.807, 2.05) is 23.1 Å². The molecule has 1 amide bonds. The summed E-state index contributed by atoms with van der Waals surface area (Å²) in [7, 11) is 0. The molecule has 0 spiro atoms. The Morgan fingerprint density at radius 2 is 1.93 bits per heavy atom. The molecule has 0 unspecified atom stereocenters. The molecule has 0 bridgehead atoms. The standard InChI is InChI=1S/C21H26FN3O2/c22-20-6-2-1-4-18(20)15-23-13-17(14-25-7-3-5-19(25)16-23)12-21(26)24-8-10-27-11-9-24/h1-7,17H,8-16H2/t17-/m1/s1. The van der Waals surface area contributed by atoms with Gasteiger partial charge in [0, 0.05) is 63.1 Å². The van der Waals surface area contributed by atoms with Gasteiger partial charge in [0.1, 0.15) is 5.82 Å². The van der Waals surface area contributed by atoms with E-state index in [9.17, 15) is 9.18 Å². The molecule has 2 aromatic rings. The first-order valence-corrected chi connectivity index (χ1v) is 9.64. The highest BCUT2D eigenvalue weighted by atomic mass is 19.1. The van der Waals surface area contributed by atoms with Crippen molar-refractivity contribution in [2.75, 3.05) is 32.8 Å². The molecule has 2 aliphatic heterocycles. The first-order valence-electron chi connectivity index (χ1n) is 9.64. The average Bonchev–Trinajstić information content (AvgIpc) is 3.04. The monoisotopic (exact) mass is 371 g/mol. The van der Waals surface area contributed by atoms with E-state index in [1.165, 1.54) is 11.8 Å². The number of ether oxygens (including phenoxy) is 1. The summed E-state index contributed by atoms with van der Waals surface area (Å²) >= 11 is 0. The molecule has 0 aliphatic carbocycles. The Morgan fingerprint density at radius 1 is 1.11 bits per heavy atom. The predicted octanol–water partition coefficient (Wildman–Crippen LogP) is 2.51. The second kappa shape index (κ2) is 8.23. The van der Waals surface area contributed by atoms with Crippen LogP contribution in [-0.2, 0) is 29.2 Å². The lowest BCUT2D eigenvalue weighted by Crippen LogP contribution is -2.42. The van der Waals surface area contributed by atoms with Gasteiger partial charge in [-0.3, -0.25) is 9.69 Å². The third-order valence-electron chi connectivity index (χ3n) is 5.46. The van der Waals surface area contributed by atoms with Crippen molar-refractivity contribution in [3.63, 3.8) is 0 Å². The van der Waals surface area contributed by atoms with Crippen LogP contribution in [-0.4, -0.2) is 53.1 Å². The average molecular weight is 371 g/mol. The molecular weight excluding hydrogens is 345 g/mol. The summed E-state index contributed by atoms with van der Waals surface area (Å²) in [6.45, 7) is 5.54. The van der Waals surface area contributed by atoms with E-state index < -0.39 is 0 Å². The number of aromatic nitrogens is 1. The topological polar surface area (TPSA) is 37.7 Å². The molecule has 6 heteroatoms. The van der Waals surface area contributed by atoms with E-state index in [0.29, 0.717) is 44.8 Å². The van der Waals surface area contributed by atoms with Crippen molar-refractivity contribution in [1.82, 2.24) is 14.4 Å². The minimum absolute atomic E-state index is 0.168. The van der Waals surface area contributed by atoms with Gasteiger partial charge in [-0.05, 0) is 24.1 Å². The van der Waals surface area contributed by atoms with Gasteiger partial charge in [0.05, 0.1) is 13.2 Å². The third-order valence-corrected chi connectivity index (χ3v) is 5.46. The maximum absolute atomic E-state index is 14.1. The Labute approximate surface area is 159 Å². The van der Waals surface area contributed by atoms with Crippen LogP contribution < -0.4 is 0 Å². The maximum Gasteiger partial charge on any atom is 0.223 e. The summed E-state index contributed by atoms with van der Waals surface area (Å²) in [5.41, 5.74) is 1.92. The molecule has 1 aromatic heterocycles. The number of rotatable bonds is 4.